The van der Waals surface area contributed by atoms with Crippen LogP contribution in [-0.4, -0.2) is 40.0 Å². The van der Waals surface area contributed by atoms with Crippen molar-refractivity contribution in [3.05, 3.63) is 64.7 Å². The van der Waals surface area contributed by atoms with Crippen LogP contribution in [0.3, 0.4) is 0 Å². The zero-order chi connectivity index (χ0) is 29.7. The molecule has 7 heteroatoms. The summed E-state index contributed by atoms with van der Waals surface area (Å²) in [7, 11) is 0. The van der Waals surface area contributed by atoms with Gasteiger partial charge < -0.3 is 20.3 Å². The zero-order valence-corrected chi connectivity index (χ0v) is 25.6. The molecule has 0 fully saturated rings. The number of amides is 3. The summed E-state index contributed by atoms with van der Waals surface area (Å²) in [4.78, 5) is 43.2. The Labute approximate surface area is 234 Å². The largest absolute Gasteiger partial charge is 0.444 e. The van der Waals surface area contributed by atoms with Crippen molar-refractivity contribution in [1.29, 1.82) is 0 Å². The smallest absolute Gasteiger partial charge is 0.408 e. The van der Waals surface area contributed by atoms with Crippen LogP contribution in [-0.2, 0) is 14.3 Å². The summed E-state index contributed by atoms with van der Waals surface area (Å²) in [6, 6.07) is 11.6. The van der Waals surface area contributed by atoms with Crippen molar-refractivity contribution >= 4 is 23.6 Å². The van der Waals surface area contributed by atoms with Crippen LogP contribution in [0.1, 0.15) is 90.1 Å². The van der Waals surface area contributed by atoms with Crippen LogP contribution in [0, 0.1) is 26.7 Å². The first-order valence-corrected chi connectivity index (χ1v) is 13.7. The number of carbonyl (C=O) groups excluding carboxylic acids is 3. The van der Waals surface area contributed by atoms with Gasteiger partial charge in [-0.1, -0.05) is 56.7 Å². The van der Waals surface area contributed by atoms with Crippen LogP contribution in [0.2, 0.25) is 0 Å². The Balaban J connectivity index is 2.70. The first-order chi connectivity index (χ1) is 18.0. The summed E-state index contributed by atoms with van der Waals surface area (Å²) < 4.78 is 5.50. The Kier molecular flexibility index (Phi) is 10.4. The molecule has 0 saturated heterocycles. The molecule has 2 aromatic carbocycles. The molecular formula is C32H47N3O4. The molecule has 0 radical (unpaired) electrons. The van der Waals surface area contributed by atoms with Crippen molar-refractivity contribution < 1.29 is 19.1 Å². The standard InChI is InChI=1S/C32H47N3O4/c1-12-20(2)26(34-30(38)39-32(9,10)11)29(37)35(31(6,7)8)27(25-22(4)17-15-18-23(25)5)28(36)33-24-19-14-13-16-21(24)3/h13-20,26-27H,12H2,1-11H3,(H,33,36)(H,34,38). The quantitative estimate of drug-likeness (QED) is 0.385. The lowest BCUT2D eigenvalue weighted by Crippen LogP contribution is -2.59. The fourth-order valence-corrected chi connectivity index (χ4v) is 4.66. The monoisotopic (exact) mass is 537 g/mol. The SMILES string of the molecule is CCC(C)C(NC(=O)OC(C)(C)C)C(=O)N(C(C(=O)Nc1ccccc1C)c1c(C)cccc1C)C(C)(C)C. The van der Waals surface area contributed by atoms with Crippen LogP contribution in [0.4, 0.5) is 10.5 Å². The minimum atomic E-state index is -0.940. The maximum atomic E-state index is 14.5. The number of hydrogen-bond donors (Lipinski definition) is 2. The van der Waals surface area contributed by atoms with Crippen molar-refractivity contribution in [2.45, 2.75) is 106 Å². The van der Waals surface area contributed by atoms with E-state index in [0.29, 0.717) is 12.1 Å². The maximum absolute atomic E-state index is 14.5. The minimum Gasteiger partial charge on any atom is -0.444 e. The molecule has 0 spiro atoms. The van der Waals surface area contributed by atoms with Crippen molar-refractivity contribution in [3.8, 4) is 0 Å². The van der Waals surface area contributed by atoms with E-state index in [1.807, 2.05) is 97.9 Å². The lowest BCUT2D eigenvalue weighted by molar-refractivity contribution is -0.148. The second-order valence-electron chi connectivity index (χ2n) is 12.4. The lowest BCUT2D eigenvalue weighted by atomic mass is 9.88. The van der Waals surface area contributed by atoms with E-state index in [2.05, 4.69) is 10.6 Å². The van der Waals surface area contributed by atoms with Gasteiger partial charge in [-0.15, -0.1) is 0 Å². The van der Waals surface area contributed by atoms with E-state index in [1.165, 1.54) is 0 Å². The number of anilines is 1. The average molecular weight is 538 g/mol. The Morgan fingerprint density at radius 2 is 1.41 bits per heavy atom. The van der Waals surface area contributed by atoms with Crippen LogP contribution in [0.15, 0.2) is 42.5 Å². The third kappa shape index (κ3) is 8.32. The van der Waals surface area contributed by atoms with Crippen molar-refractivity contribution in [2.24, 2.45) is 5.92 Å². The molecule has 214 valence electrons. The number of para-hydroxylation sites is 1. The molecule has 0 heterocycles. The molecule has 2 N–H and O–H groups in total. The third-order valence-corrected chi connectivity index (χ3v) is 6.84. The fraction of sp³-hybridized carbons (Fsp3) is 0.531. The Bertz CT molecular complexity index is 1160. The van der Waals surface area contributed by atoms with Gasteiger partial charge in [-0.25, -0.2) is 4.79 Å². The summed E-state index contributed by atoms with van der Waals surface area (Å²) in [6.45, 7) is 20.8. The highest BCUT2D eigenvalue weighted by Crippen LogP contribution is 2.35. The van der Waals surface area contributed by atoms with Gasteiger partial charge in [0, 0.05) is 11.2 Å². The zero-order valence-electron chi connectivity index (χ0n) is 25.6. The molecule has 0 bridgehead atoms. The predicted octanol–water partition coefficient (Wildman–Crippen LogP) is 6.86. The number of nitrogens with zero attached hydrogens (tertiary/aromatic N) is 1. The highest BCUT2D eigenvalue weighted by Gasteiger charge is 2.44. The summed E-state index contributed by atoms with van der Waals surface area (Å²) in [5, 5.41) is 5.91. The molecule has 0 aliphatic carbocycles. The first-order valence-electron chi connectivity index (χ1n) is 13.7. The Morgan fingerprint density at radius 1 is 0.872 bits per heavy atom. The van der Waals surface area contributed by atoms with E-state index in [1.54, 1.807) is 25.7 Å². The molecule has 3 amide bonds. The van der Waals surface area contributed by atoms with Gasteiger partial charge in [0.25, 0.3) is 5.91 Å². The van der Waals surface area contributed by atoms with Gasteiger partial charge in [-0.3, -0.25) is 9.59 Å². The van der Waals surface area contributed by atoms with E-state index in [9.17, 15) is 14.4 Å². The summed E-state index contributed by atoms with van der Waals surface area (Å²) in [5.74, 6) is -0.853. The van der Waals surface area contributed by atoms with E-state index in [0.717, 1.165) is 22.3 Å². The number of nitrogens with one attached hydrogen (secondary N) is 2. The molecular weight excluding hydrogens is 490 g/mol. The fourth-order valence-electron chi connectivity index (χ4n) is 4.66. The molecule has 2 aromatic rings. The molecule has 0 aliphatic heterocycles. The number of alkyl carbamates (subject to hydrolysis) is 1. The van der Waals surface area contributed by atoms with Gasteiger partial charge in [0.1, 0.15) is 17.7 Å². The topological polar surface area (TPSA) is 87.7 Å². The van der Waals surface area contributed by atoms with Crippen molar-refractivity contribution in [2.75, 3.05) is 5.32 Å². The first kappa shape index (κ1) is 31.9. The number of ether oxygens (including phenoxy) is 1. The van der Waals surface area contributed by atoms with Gasteiger partial charge in [-0.2, -0.15) is 0 Å². The van der Waals surface area contributed by atoms with Crippen molar-refractivity contribution in [1.82, 2.24) is 10.2 Å². The second kappa shape index (κ2) is 12.7. The number of carbonyl (C=O) groups is 3. The van der Waals surface area contributed by atoms with E-state index < -0.39 is 29.3 Å². The van der Waals surface area contributed by atoms with Gasteiger partial charge in [0.2, 0.25) is 5.91 Å². The van der Waals surface area contributed by atoms with Crippen LogP contribution >= 0.6 is 0 Å². The molecule has 3 atom stereocenters. The second-order valence-corrected chi connectivity index (χ2v) is 12.4. The number of hydrogen-bond acceptors (Lipinski definition) is 4. The van der Waals surface area contributed by atoms with Crippen molar-refractivity contribution in [3.63, 3.8) is 0 Å². The number of rotatable bonds is 8. The molecule has 2 rings (SSSR count). The highest BCUT2D eigenvalue weighted by atomic mass is 16.6. The number of benzene rings is 2. The molecule has 7 nitrogen and oxygen atoms in total. The van der Waals surface area contributed by atoms with Crippen LogP contribution in [0.25, 0.3) is 0 Å². The van der Waals surface area contributed by atoms with Gasteiger partial charge in [0.05, 0.1) is 0 Å². The van der Waals surface area contributed by atoms with E-state index in [-0.39, 0.29) is 17.7 Å². The number of aryl methyl sites for hydroxylation is 3. The minimum absolute atomic E-state index is 0.201. The molecule has 0 aromatic heterocycles. The maximum Gasteiger partial charge on any atom is 0.408 e. The van der Waals surface area contributed by atoms with E-state index >= 15 is 0 Å². The predicted molar refractivity (Wildman–Crippen MR) is 158 cm³/mol. The average Bonchev–Trinajstić information content (AvgIpc) is 2.80. The molecule has 39 heavy (non-hydrogen) atoms. The highest BCUT2D eigenvalue weighted by molar-refractivity contribution is 6.00. The third-order valence-electron chi connectivity index (χ3n) is 6.84. The van der Waals surface area contributed by atoms with E-state index in [4.69, 9.17) is 4.74 Å². The van der Waals surface area contributed by atoms with Gasteiger partial charge in [0.15, 0.2) is 0 Å². The summed E-state index contributed by atoms with van der Waals surface area (Å²) in [6.07, 6.45) is -0.0174. The summed E-state index contributed by atoms with van der Waals surface area (Å²) in [5.41, 5.74) is 2.71. The normalized spacial score (nSPS) is 14.1. The molecule has 0 aliphatic rings. The summed E-state index contributed by atoms with van der Waals surface area (Å²) >= 11 is 0. The van der Waals surface area contributed by atoms with Crippen LogP contribution in [0.5, 0.6) is 0 Å². The Morgan fingerprint density at radius 3 is 1.90 bits per heavy atom. The Hall–Kier alpha value is -3.35. The van der Waals surface area contributed by atoms with Crippen LogP contribution < -0.4 is 10.6 Å². The molecule has 3 unspecified atom stereocenters. The van der Waals surface area contributed by atoms with Gasteiger partial charge >= 0.3 is 6.09 Å². The lowest BCUT2D eigenvalue weighted by Gasteiger charge is -2.44. The molecule has 0 saturated carbocycles. The van der Waals surface area contributed by atoms with Gasteiger partial charge in [-0.05, 0) is 96.6 Å².